The van der Waals surface area contributed by atoms with Gasteiger partial charge in [0, 0.05) is 12.1 Å². The number of methoxy groups -OCH3 is 1. The number of aryl methyl sites for hydroxylation is 1. The molecule has 1 unspecified atom stereocenters. The molecule has 1 heterocycles. The van der Waals surface area contributed by atoms with E-state index in [9.17, 15) is 4.79 Å². The predicted octanol–water partition coefficient (Wildman–Crippen LogP) is 4.45. The van der Waals surface area contributed by atoms with Crippen LogP contribution in [0, 0.1) is 5.92 Å². The number of rotatable bonds is 6. The number of hydrogen-bond donors (Lipinski definition) is 2. The van der Waals surface area contributed by atoms with Crippen LogP contribution in [0.25, 0.3) is 11.0 Å². The van der Waals surface area contributed by atoms with Crippen molar-refractivity contribution in [2.45, 2.75) is 38.5 Å². The summed E-state index contributed by atoms with van der Waals surface area (Å²) in [7, 11) is 1.72. The summed E-state index contributed by atoms with van der Waals surface area (Å²) in [5.41, 5.74) is 5.28. The molecule has 0 fully saturated rings. The van der Waals surface area contributed by atoms with Crippen LogP contribution in [0.15, 0.2) is 42.7 Å². The maximum absolute atomic E-state index is 12.4. The lowest BCUT2D eigenvalue weighted by molar-refractivity contribution is 0.0952. The summed E-state index contributed by atoms with van der Waals surface area (Å²) in [5, 5.41) is 3.06. The first-order valence-corrected chi connectivity index (χ1v) is 10.0. The Morgan fingerprint density at radius 2 is 2.18 bits per heavy atom. The highest BCUT2D eigenvalue weighted by Gasteiger charge is 2.26. The minimum atomic E-state index is -0.0383. The van der Waals surface area contributed by atoms with E-state index in [0.717, 1.165) is 36.0 Å². The number of imidazole rings is 1. The summed E-state index contributed by atoms with van der Waals surface area (Å²) in [6.45, 7) is 3.02. The molecule has 1 aliphatic rings. The van der Waals surface area contributed by atoms with Gasteiger partial charge in [0.2, 0.25) is 0 Å². The third kappa shape index (κ3) is 3.75. The molecule has 2 N–H and O–H groups in total. The summed E-state index contributed by atoms with van der Waals surface area (Å²) in [5.74, 6) is 2.07. The van der Waals surface area contributed by atoms with Crippen molar-refractivity contribution in [1.82, 2.24) is 15.3 Å². The molecule has 0 bridgehead atoms. The molecule has 28 heavy (non-hydrogen) atoms. The highest BCUT2D eigenvalue weighted by atomic mass is 16.5. The molecule has 1 aromatic heterocycles. The minimum absolute atomic E-state index is 0.0383. The van der Waals surface area contributed by atoms with Crippen molar-refractivity contribution in [2.75, 3.05) is 13.7 Å². The van der Waals surface area contributed by atoms with Gasteiger partial charge in [0.05, 0.1) is 24.5 Å². The lowest BCUT2D eigenvalue weighted by Crippen LogP contribution is -2.26. The second-order valence-corrected chi connectivity index (χ2v) is 7.72. The largest absolute Gasteiger partial charge is 0.497 e. The number of aromatic nitrogens is 2. The smallest absolute Gasteiger partial charge is 0.251 e. The Morgan fingerprint density at radius 3 is 3.04 bits per heavy atom. The molecule has 4 rings (SSSR count). The Kier molecular flexibility index (Phi) is 5.33. The molecule has 0 saturated heterocycles. The zero-order valence-electron chi connectivity index (χ0n) is 16.5. The van der Waals surface area contributed by atoms with Gasteiger partial charge in [-0.3, -0.25) is 4.79 Å². The number of fused-ring (bicyclic) bond motifs is 2. The number of nitrogens with one attached hydrogen (secondary N) is 2. The SMILES string of the molecule is COc1ccc2c(c1)[C@@H](CCCNC(=O)c1ccc3[nH]cnc3c1)C(C)CC2. The number of carbonyl (C=O) groups is 1. The van der Waals surface area contributed by atoms with Crippen LogP contribution >= 0.6 is 0 Å². The Hall–Kier alpha value is -2.82. The molecule has 0 aliphatic heterocycles. The number of nitrogens with zero attached hydrogens (tertiary/aromatic N) is 1. The fraction of sp³-hybridized carbons (Fsp3) is 0.391. The van der Waals surface area contributed by atoms with Gasteiger partial charge in [-0.15, -0.1) is 0 Å². The van der Waals surface area contributed by atoms with E-state index in [4.69, 9.17) is 4.74 Å². The molecule has 0 saturated carbocycles. The molecule has 0 radical (unpaired) electrons. The van der Waals surface area contributed by atoms with Crippen LogP contribution in [-0.4, -0.2) is 29.5 Å². The number of hydrogen-bond acceptors (Lipinski definition) is 3. The van der Waals surface area contributed by atoms with Crippen LogP contribution in [0.2, 0.25) is 0 Å². The van der Waals surface area contributed by atoms with Crippen molar-refractivity contribution in [1.29, 1.82) is 0 Å². The van der Waals surface area contributed by atoms with Gasteiger partial charge in [0.1, 0.15) is 5.75 Å². The maximum Gasteiger partial charge on any atom is 0.251 e. The first-order chi connectivity index (χ1) is 13.7. The van der Waals surface area contributed by atoms with E-state index in [-0.39, 0.29) is 5.91 Å². The van der Waals surface area contributed by atoms with Crippen LogP contribution in [-0.2, 0) is 6.42 Å². The third-order valence-electron chi connectivity index (χ3n) is 5.97. The average Bonchev–Trinajstić information content (AvgIpc) is 3.19. The molecule has 3 aromatic rings. The normalized spacial score (nSPS) is 18.6. The fourth-order valence-corrected chi connectivity index (χ4v) is 4.30. The van der Waals surface area contributed by atoms with Crippen molar-refractivity contribution in [2.24, 2.45) is 5.92 Å². The van der Waals surface area contributed by atoms with E-state index in [2.05, 4.69) is 40.4 Å². The first-order valence-electron chi connectivity index (χ1n) is 10.0. The van der Waals surface area contributed by atoms with Gasteiger partial charge in [0.25, 0.3) is 5.91 Å². The van der Waals surface area contributed by atoms with E-state index in [1.807, 2.05) is 18.2 Å². The number of amides is 1. The number of aromatic amines is 1. The number of benzene rings is 2. The van der Waals surface area contributed by atoms with E-state index in [1.54, 1.807) is 13.4 Å². The van der Waals surface area contributed by atoms with Crippen LogP contribution in [0.5, 0.6) is 5.75 Å². The highest BCUT2D eigenvalue weighted by molar-refractivity contribution is 5.97. The molecule has 2 atom stereocenters. The van der Waals surface area contributed by atoms with Crippen molar-refractivity contribution in [3.8, 4) is 5.75 Å². The standard InChI is InChI=1S/C23H27N3O2/c1-15-5-6-16-7-9-18(28-2)13-20(16)19(15)4-3-11-24-23(27)17-8-10-21-22(12-17)26-14-25-21/h7-10,12-15,19H,3-6,11H2,1-2H3,(H,24,27)(H,25,26)/t15?,19-/m0/s1. The minimum Gasteiger partial charge on any atom is -0.497 e. The van der Waals surface area contributed by atoms with Crippen LogP contribution in [0.3, 0.4) is 0 Å². The molecule has 1 aliphatic carbocycles. The second-order valence-electron chi connectivity index (χ2n) is 7.72. The van der Waals surface area contributed by atoms with Crippen LogP contribution in [0.1, 0.15) is 53.6 Å². The van der Waals surface area contributed by atoms with Gasteiger partial charge in [-0.05, 0) is 79.0 Å². The molecule has 2 aromatic carbocycles. The molecule has 5 heteroatoms. The first kappa shape index (κ1) is 18.5. The molecule has 5 nitrogen and oxygen atoms in total. The number of ether oxygens (including phenoxy) is 1. The third-order valence-corrected chi connectivity index (χ3v) is 5.97. The Balaban J connectivity index is 1.35. The Morgan fingerprint density at radius 1 is 1.29 bits per heavy atom. The van der Waals surface area contributed by atoms with Gasteiger partial charge in [-0.25, -0.2) is 4.98 Å². The van der Waals surface area contributed by atoms with Crippen molar-refractivity contribution >= 4 is 16.9 Å². The molecule has 0 spiro atoms. The highest BCUT2D eigenvalue weighted by Crippen LogP contribution is 2.40. The van der Waals surface area contributed by atoms with Crippen molar-refractivity contribution < 1.29 is 9.53 Å². The van der Waals surface area contributed by atoms with Gasteiger partial charge >= 0.3 is 0 Å². The van der Waals surface area contributed by atoms with Gasteiger partial charge in [-0.1, -0.05) is 13.0 Å². The lowest BCUT2D eigenvalue weighted by Gasteiger charge is -2.32. The summed E-state index contributed by atoms with van der Waals surface area (Å²) < 4.78 is 5.43. The Labute approximate surface area is 165 Å². The molecular formula is C23H27N3O2. The van der Waals surface area contributed by atoms with Gasteiger partial charge in [0.15, 0.2) is 0 Å². The molecule has 146 valence electrons. The second kappa shape index (κ2) is 8.05. The Bertz CT molecular complexity index is 979. The summed E-state index contributed by atoms with van der Waals surface area (Å²) in [4.78, 5) is 19.7. The van der Waals surface area contributed by atoms with Gasteiger partial charge < -0.3 is 15.0 Å². The zero-order chi connectivity index (χ0) is 19.5. The quantitative estimate of drug-likeness (QED) is 0.624. The number of H-pyrrole nitrogens is 1. The van der Waals surface area contributed by atoms with E-state index in [0.29, 0.717) is 23.9 Å². The fourth-order valence-electron chi connectivity index (χ4n) is 4.30. The maximum atomic E-state index is 12.4. The number of carbonyl (C=O) groups excluding carboxylic acids is 1. The molecular weight excluding hydrogens is 350 g/mol. The molecule has 1 amide bonds. The van der Waals surface area contributed by atoms with Crippen LogP contribution < -0.4 is 10.1 Å². The lowest BCUT2D eigenvalue weighted by atomic mass is 9.74. The van der Waals surface area contributed by atoms with Gasteiger partial charge in [-0.2, -0.15) is 0 Å². The van der Waals surface area contributed by atoms with Crippen molar-refractivity contribution in [3.05, 3.63) is 59.4 Å². The summed E-state index contributed by atoms with van der Waals surface area (Å²) in [6.07, 6.45) is 6.04. The topological polar surface area (TPSA) is 67.0 Å². The van der Waals surface area contributed by atoms with E-state index < -0.39 is 0 Å². The summed E-state index contributed by atoms with van der Waals surface area (Å²) in [6, 6.07) is 12.0. The monoisotopic (exact) mass is 377 g/mol. The van der Waals surface area contributed by atoms with E-state index in [1.165, 1.54) is 17.5 Å². The predicted molar refractivity (Wildman–Crippen MR) is 111 cm³/mol. The van der Waals surface area contributed by atoms with Crippen molar-refractivity contribution in [3.63, 3.8) is 0 Å². The van der Waals surface area contributed by atoms with E-state index >= 15 is 0 Å². The summed E-state index contributed by atoms with van der Waals surface area (Å²) >= 11 is 0. The van der Waals surface area contributed by atoms with Crippen LogP contribution in [0.4, 0.5) is 0 Å². The average molecular weight is 377 g/mol. The zero-order valence-corrected chi connectivity index (χ0v) is 16.5.